The lowest BCUT2D eigenvalue weighted by Crippen LogP contribution is -2.42. The van der Waals surface area contributed by atoms with E-state index in [4.69, 9.17) is 10.8 Å². The van der Waals surface area contributed by atoms with E-state index in [-0.39, 0.29) is 0 Å². The Morgan fingerprint density at radius 2 is 2.29 bits per heavy atom. The number of benzene rings is 1. The third-order valence-electron chi connectivity index (χ3n) is 3.41. The Balaban J connectivity index is 2.08. The highest BCUT2D eigenvalue weighted by Gasteiger charge is 2.21. The maximum absolute atomic E-state index is 10.9. The highest BCUT2D eigenvalue weighted by molar-refractivity contribution is 5.87. The van der Waals surface area contributed by atoms with E-state index < -0.39 is 5.97 Å². The molecule has 1 fully saturated rings. The minimum absolute atomic E-state index is 0.364. The molecule has 0 amide bonds. The molecule has 17 heavy (non-hydrogen) atoms. The van der Waals surface area contributed by atoms with Crippen LogP contribution in [-0.2, 0) is 0 Å². The number of carboxylic acids is 1. The summed E-state index contributed by atoms with van der Waals surface area (Å²) in [6, 6.07) is 7.63. The van der Waals surface area contributed by atoms with E-state index in [1.165, 1.54) is 0 Å². The van der Waals surface area contributed by atoms with Crippen LogP contribution in [0.25, 0.3) is 0 Å². The summed E-state index contributed by atoms with van der Waals surface area (Å²) in [5, 5.41) is 12.3. The molecule has 1 aromatic rings. The van der Waals surface area contributed by atoms with Gasteiger partial charge in [-0.15, -0.1) is 0 Å². The topological polar surface area (TPSA) is 75.4 Å². The number of piperidine rings is 1. The van der Waals surface area contributed by atoms with Crippen molar-refractivity contribution < 1.29 is 9.90 Å². The monoisotopic (exact) mass is 234 g/mol. The standard InChI is InChI=1S/C13H18N2O2/c14-7-12-5-4-11(8-15-12)9-2-1-3-10(6-9)13(16)17/h1-3,6,11-12,15H,4-5,7-8,14H2,(H,16,17). The van der Waals surface area contributed by atoms with Crippen LogP contribution in [0.5, 0.6) is 0 Å². The van der Waals surface area contributed by atoms with Gasteiger partial charge in [0.15, 0.2) is 0 Å². The largest absolute Gasteiger partial charge is 0.478 e. The van der Waals surface area contributed by atoms with Crippen molar-refractivity contribution in [1.29, 1.82) is 0 Å². The highest BCUT2D eigenvalue weighted by Crippen LogP contribution is 2.25. The van der Waals surface area contributed by atoms with Gasteiger partial charge in [-0.25, -0.2) is 4.79 Å². The first-order chi connectivity index (χ1) is 8.20. The van der Waals surface area contributed by atoms with Crippen LogP contribution in [0.3, 0.4) is 0 Å². The molecule has 0 bridgehead atoms. The van der Waals surface area contributed by atoms with Crippen LogP contribution in [0.4, 0.5) is 0 Å². The summed E-state index contributed by atoms with van der Waals surface area (Å²) in [6.45, 7) is 1.55. The number of carbonyl (C=O) groups is 1. The van der Waals surface area contributed by atoms with Crippen LogP contribution in [0.2, 0.25) is 0 Å². The Hall–Kier alpha value is -1.39. The molecule has 4 heteroatoms. The molecule has 0 aliphatic carbocycles. The summed E-state index contributed by atoms with van der Waals surface area (Å²) in [4.78, 5) is 10.9. The maximum atomic E-state index is 10.9. The smallest absolute Gasteiger partial charge is 0.335 e. The zero-order valence-electron chi connectivity index (χ0n) is 9.73. The second kappa shape index (κ2) is 5.29. The number of nitrogens with one attached hydrogen (secondary N) is 1. The summed E-state index contributed by atoms with van der Waals surface area (Å²) in [6.07, 6.45) is 2.12. The van der Waals surface area contributed by atoms with E-state index >= 15 is 0 Å². The zero-order valence-corrected chi connectivity index (χ0v) is 9.73. The Bertz CT molecular complexity index is 398. The van der Waals surface area contributed by atoms with Gasteiger partial charge in [0.05, 0.1) is 5.56 Å². The fraction of sp³-hybridized carbons (Fsp3) is 0.462. The van der Waals surface area contributed by atoms with E-state index in [0.29, 0.717) is 24.1 Å². The van der Waals surface area contributed by atoms with Crippen LogP contribution in [0.15, 0.2) is 24.3 Å². The molecule has 2 unspecified atom stereocenters. The number of hydrogen-bond acceptors (Lipinski definition) is 3. The quantitative estimate of drug-likeness (QED) is 0.734. The number of carboxylic acid groups (broad SMARTS) is 1. The lowest BCUT2D eigenvalue weighted by atomic mass is 9.88. The van der Waals surface area contributed by atoms with Crippen molar-refractivity contribution in [1.82, 2.24) is 5.32 Å². The predicted octanol–water partition coefficient (Wildman–Crippen LogP) is 1.18. The molecule has 4 N–H and O–H groups in total. The van der Waals surface area contributed by atoms with Crippen molar-refractivity contribution in [2.24, 2.45) is 5.73 Å². The molecule has 1 aromatic carbocycles. The van der Waals surface area contributed by atoms with Gasteiger partial charge >= 0.3 is 5.97 Å². The predicted molar refractivity (Wildman–Crippen MR) is 66.2 cm³/mol. The molecular formula is C13H18N2O2. The van der Waals surface area contributed by atoms with Crippen molar-refractivity contribution in [3.63, 3.8) is 0 Å². The van der Waals surface area contributed by atoms with Gasteiger partial charge in [0.2, 0.25) is 0 Å². The molecule has 0 saturated carbocycles. The molecule has 0 spiro atoms. The SMILES string of the molecule is NCC1CCC(c2cccc(C(=O)O)c2)CN1. The van der Waals surface area contributed by atoms with Crippen molar-refractivity contribution in [3.05, 3.63) is 35.4 Å². The van der Waals surface area contributed by atoms with E-state index in [0.717, 1.165) is 24.9 Å². The van der Waals surface area contributed by atoms with Gasteiger partial charge < -0.3 is 16.2 Å². The first-order valence-electron chi connectivity index (χ1n) is 5.97. The second-order valence-electron chi connectivity index (χ2n) is 4.55. The van der Waals surface area contributed by atoms with Gasteiger partial charge in [-0.05, 0) is 36.5 Å². The second-order valence-corrected chi connectivity index (χ2v) is 4.55. The van der Waals surface area contributed by atoms with E-state index in [2.05, 4.69) is 5.32 Å². The van der Waals surface area contributed by atoms with Crippen LogP contribution >= 0.6 is 0 Å². The van der Waals surface area contributed by atoms with E-state index in [9.17, 15) is 4.79 Å². The first kappa shape index (κ1) is 12.1. The van der Waals surface area contributed by atoms with Gasteiger partial charge in [0.1, 0.15) is 0 Å². The number of hydrogen-bond donors (Lipinski definition) is 3. The van der Waals surface area contributed by atoms with Crippen LogP contribution in [0, 0.1) is 0 Å². The van der Waals surface area contributed by atoms with E-state index in [1.807, 2.05) is 12.1 Å². The molecule has 1 aliphatic rings. The summed E-state index contributed by atoms with van der Waals surface area (Å²) in [7, 11) is 0. The molecular weight excluding hydrogens is 216 g/mol. The molecule has 2 rings (SSSR count). The number of aromatic carboxylic acids is 1. The molecule has 1 saturated heterocycles. The zero-order chi connectivity index (χ0) is 12.3. The third kappa shape index (κ3) is 2.84. The van der Waals surface area contributed by atoms with Crippen LogP contribution in [-0.4, -0.2) is 30.2 Å². The number of rotatable bonds is 3. The van der Waals surface area contributed by atoms with Crippen molar-refractivity contribution in [2.75, 3.05) is 13.1 Å². The Labute approximate surface area is 101 Å². The third-order valence-corrected chi connectivity index (χ3v) is 3.41. The molecule has 1 heterocycles. The fourth-order valence-electron chi connectivity index (χ4n) is 2.33. The Morgan fingerprint density at radius 3 is 2.88 bits per heavy atom. The van der Waals surface area contributed by atoms with E-state index in [1.54, 1.807) is 12.1 Å². The first-order valence-corrected chi connectivity index (χ1v) is 5.97. The minimum Gasteiger partial charge on any atom is -0.478 e. The highest BCUT2D eigenvalue weighted by atomic mass is 16.4. The molecule has 92 valence electrons. The normalized spacial score (nSPS) is 24.5. The average Bonchev–Trinajstić information content (AvgIpc) is 2.39. The lowest BCUT2D eigenvalue weighted by molar-refractivity contribution is 0.0696. The number of nitrogens with two attached hydrogens (primary N) is 1. The molecule has 0 aromatic heterocycles. The fourth-order valence-corrected chi connectivity index (χ4v) is 2.33. The van der Waals surface area contributed by atoms with Crippen LogP contribution in [0.1, 0.15) is 34.7 Å². The van der Waals surface area contributed by atoms with Gasteiger partial charge in [-0.3, -0.25) is 0 Å². The molecule has 0 radical (unpaired) electrons. The van der Waals surface area contributed by atoms with Gasteiger partial charge in [-0.1, -0.05) is 12.1 Å². The molecule has 2 atom stereocenters. The van der Waals surface area contributed by atoms with Crippen molar-refractivity contribution >= 4 is 5.97 Å². The average molecular weight is 234 g/mol. The summed E-state index contributed by atoms with van der Waals surface area (Å²) in [5.41, 5.74) is 7.08. The lowest BCUT2D eigenvalue weighted by Gasteiger charge is -2.29. The minimum atomic E-state index is -0.865. The summed E-state index contributed by atoms with van der Waals surface area (Å²) in [5.74, 6) is -0.465. The summed E-state index contributed by atoms with van der Waals surface area (Å²) >= 11 is 0. The van der Waals surface area contributed by atoms with Crippen molar-refractivity contribution in [2.45, 2.75) is 24.8 Å². The Kier molecular flexibility index (Phi) is 3.76. The molecule has 4 nitrogen and oxygen atoms in total. The summed E-state index contributed by atoms with van der Waals surface area (Å²) < 4.78 is 0. The molecule has 1 aliphatic heterocycles. The maximum Gasteiger partial charge on any atom is 0.335 e. The Morgan fingerprint density at radius 1 is 1.47 bits per heavy atom. The van der Waals surface area contributed by atoms with Gasteiger partial charge in [-0.2, -0.15) is 0 Å². The van der Waals surface area contributed by atoms with Crippen molar-refractivity contribution in [3.8, 4) is 0 Å². The van der Waals surface area contributed by atoms with Gasteiger partial charge in [0, 0.05) is 19.1 Å². The van der Waals surface area contributed by atoms with Crippen LogP contribution < -0.4 is 11.1 Å². The van der Waals surface area contributed by atoms with Gasteiger partial charge in [0.25, 0.3) is 0 Å².